The van der Waals surface area contributed by atoms with Crippen molar-refractivity contribution in [2.45, 2.75) is 33.9 Å². The number of carbonyl (C=O) groups excluding carboxylic acids is 2. The number of ether oxygens (including phenoxy) is 2. The minimum Gasteiger partial charge on any atom is -0.461 e. The maximum absolute atomic E-state index is 11.5. The molecular weight excluding hydrogens is 444 g/mol. The second kappa shape index (κ2) is 12.9. The van der Waals surface area contributed by atoms with Crippen molar-refractivity contribution in [1.29, 1.82) is 0 Å². The Kier molecular flexibility index (Phi) is 9.36. The molecule has 4 aromatic rings. The highest BCUT2D eigenvalue weighted by Crippen LogP contribution is 2.07. The first-order valence-corrected chi connectivity index (χ1v) is 11.5. The summed E-state index contributed by atoms with van der Waals surface area (Å²) in [6, 6.07) is 18.3. The molecule has 0 fully saturated rings. The highest BCUT2D eigenvalue weighted by molar-refractivity contribution is 5.87. The predicted octanol–water partition coefficient (Wildman–Crippen LogP) is 4.52. The van der Waals surface area contributed by atoms with Crippen LogP contribution < -0.4 is 0 Å². The lowest BCUT2D eigenvalue weighted by molar-refractivity contribution is 0.0510. The molecule has 0 N–H and O–H groups in total. The fraction of sp³-hybridized carbons (Fsp3) is 0.259. The maximum atomic E-state index is 11.5. The average Bonchev–Trinajstić information content (AvgIpc) is 3.52. The molecule has 8 nitrogen and oxygen atoms in total. The van der Waals surface area contributed by atoms with Gasteiger partial charge >= 0.3 is 11.9 Å². The van der Waals surface area contributed by atoms with E-state index < -0.39 is 0 Å². The van der Waals surface area contributed by atoms with Gasteiger partial charge in [0.25, 0.3) is 0 Å². The summed E-state index contributed by atoms with van der Waals surface area (Å²) in [5.41, 5.74) is 4.28. The molecule has 35 heavy (non-hydrogen) atoms. The molecule has 0 bridgehead atoms. The van der Waals surface area contributed by atoms with Crippen LogP contribution in [0.15, 0.2) is 79.6 Å². The lowest BCUT2D eigenvalue weighted by Crippen LogP contribution is -2.05. The second-order valence-electron chi connectivity index (χ2n) is 7.77. The van der Waals surface area contributed by atoms with Gasteiger partial charge in [-0.15, -0.1) is 0 Å². The Balaban J connectivity index is 0.000000196. The summed E-state index contributed by atoms with van der Waals surface area (Å²) in [6.07, 6.45) is 6.69. The number of aromatic nitrogens is 4. The van der Waals surface area contributed by atoms with Crippen molar-refractivity contribution in [3.8, 4) is 0 Å². The van der Waals surface area contributed by atoms with E-state index in [9.17, 15) is 9.59 Å². The van der Waals surface area contributed by atoms with Crippen LogP contribution in [0.3, 0.4) is 0 Å². The first-order chi connectivity index (χ1) is 17.0. The van der Waals surface area contributed by atoms with Gasteiger partial charge in [0.2, 0.25) is 0 Å². The average molecular weight is 475 g/mol. The third kappa shape index (κ3) is 7.96. The van der Waals surface area contributed by atoms with E-state index in [1.165, 1.54) is 16.7 Å². The number of imidazole rings is 2. The molecule has 0 amide bonds. The zero-order valence-corrected chi connectivity index (χ0v) is 20.3. The molecule has 2 heterocycles. The van der Waals surface area contributed by atoms with Crippen molar-refractivity contribution < 1.29 is 19.1 Å². The number of aryl methyl sites for hydroxylation is 1. The molecule has 2 aromatic heterocycles. The Hall–Kier alpha value is -4.20. The van der Waals surface area contributed by atoms with Crippen LogP contribution in [0, 0.1) is 6.92 Å². The fourth-order valence-electron chi connectivity index (χ4n) is 3.21. The molecule has 0 aliphatic rings. The molecule has 0 spiro atoms. The first kappa shape index (κ1) is 25.4. The highest BCUT2D eigenvalue weighted by Gasteiger charge is 2.10. The van der Waals surface area contributed by atoms with Gasteiger partial charge in [0.1, 0.15) is 0 Å². The Morgan fingerprint density at radius 2 is 1.17 bits per heavy atom. The normalized spacial score (nSPS) is 10.3. The number of nitrogens with zero attached hydrogens (tertiary/aromatic N) is 4. The Labute approximate surface area is 205 Å². The summed E-state index contributed by atoms with van der Waals surface area (Å²) < 4.78 is 13.5. The summed E-state index contributed by atoms with van der Waals surface area (Å²) >= 11 is 0. The van der Waals surface area contributed by atoms with E-state index in [1.807, 2.05) is 39.5 Å². The first-order valence-electron chi connectivity index (χ1n) is 11.5. The zero-order valence-electron chi connectivity index (χ0n) is 20.3. The van der Waals surface area contributed by atoms with Gasteiger partial charge in [-0.25, -0.2) is 19.6 Å². The summed E-state index contributed by atoms with van der Waals surface area (Å²) in [4.78, 5) is 30.9. The molecule has 0 radical (unpaired) electrons. The van der Waals surface area contributed by atoms with E-state index in [4.69, 9.17) is 9.47 Å². The van der Waals surface area contributed by atoms with Crippen molar-refractivity contribution in [1.82, 2.24) is 19.1 Å². The SMILES string of the molecule is CCOC(=O)c1cn(Cc2ccc(C)cc2)cn1.CCOC(=O)c1cn(Cc2ccccc2)cn1. The van der Waals surface area contributed by atoms with Crippen LogP contribution in [-0.4, -0.2) is 44.3 Å². The fourth-order valence-corrected chi connectivity index (χ4v) is 3.21. The largest absolute Gasteiger partial charge is 0.461 e. The molecule has 4 rings (SSSR count). The van der Waals surface area contributed by atoms with Crippen molar-refractivity contribution in [3.63, 3.8) is 0 Å². The number of hydrogen-bond donors (Lipinski definition) is 0. The molecular formula is C27H30N4O4. The van der Waals surface area contributed by atoms with Crippen molar-refractivity contribution in [2.75, 3.05) is 13.2 Å². The third-order valence-electron chi connectivity index (χ3n) is 4.93. The van der Waals surface area contributed by atoms with E-state index in [1.54, 1.807) is 38.9 Å². The van der Waals surface area contributed by atoms with Crippen LogP contribution >= 0.6 is 0 Å². The molecule has 0 saturated heterocycles. The van der Waals surface area contributed by atoms with Crippen molar-refractivity contribution in [2.24, 2.45) is 0 Å². The molecule has 0 unspecified atom stereocenters. The monoisotopic (exact) mass is 474 g/mol. The summed E-state index contributed by atoms with van der Waals surface area (Å²) in [6.45, 7) is 7.74. The Morgan fingerprint density at radius 1 is 0.714 bits per heavy atom. The molecule has 0 atom stereocenters. The number of carbonyl (C=O) groups is 2. The summed E-state index contributed by atoms with van der Waals surface area (Å²) in [7, 11) is 0. The van der Waals surface area contributed by atoms with E-state index >= 15 is 0 Å². The van der Waals surface area contributed by atoms with E-state index in [2.05, 4.69) is 41.2 Å². The van der Waals surface area contributed by atoms with Gasteiger partial charge in [-0.3, -0.25) is 0 Å². The van der Waals surface area contributed by atoms with Crippen LogP contribution in [0.2, 0.25) is 0 Å². The van der Waals surface area contributed by atoms with Crippen LogP contribution in [0.25, 0.3) is 0 Å². The van der Waals surface area contributed by atoms with Gasteiger partial charge in [-0.2, -0.15) is 0 Å². The van der Waals surface area contributed by atoms with Crippen molar-refractivity contribution in [3.05, 3.63) is 108 Å². The van der Waals surface area contributed by atoms with Gasteiger partial charge in [0.05, 0.1) is 25.9 Å². The van der Waals surface area contributed by atoms with E-state index in [-0.39, 0.29) is 11.9 Å². The number of rotatable bonds is 8. The van der Waals surface area contributed by atoms with Crippen LogP contribution in [-0.2, 0) is 22.6 Å². The Morgan fingerprint density at radius 3 is 1.63 bits per heavy atom. The molecule has 8 heteroatoms. The smallest absolute Gasteiger partial charge is 0.358 e. The molecule has 0 saturated carbocycles. The zero-order chi connectivity index (χ0) is 25.0. The van der Waals surface area contributed by atoms with Gasteiger partial charge < -0.3 is 18.6 Å². The van der Waals surface area contributed by atoms with E-state index in [0.29, 0.717) is 37.7 Å². The van der Waals surface area contributed by atoms with Gasteiger partial charge in [-0.1, -0.05) is 60.2 Å². The van der Waals surface area contributed by atoms with Gasteiger partial charge in [0, 0.05) is 25.5 Å². The topological polar surface area (TPSA) is 88.2 Å². The Bertz CT molecular complexity index is 1210. The minimum absolute atomic E-state index is 0.350. The maximum Gasteiger partial charge on any atom is 0.358 e. The van der Waals surface area contributed by atoms with Crippen LogP contribution in [0.1, 0.15) is 51.5 Å². The van der Waals surface area contributed by atoms with Gasteiger partial charge in [0.15, 0.2) is 11.4 Å². The number of benzene rings is 2. The lowest BCUT2D eigenvalue weighted by atomic mass is 10.1. The quantitative estimate of drug-likeness (QED) is 0.349. The second-order valence-corrected chi connectivity index (χ2v) is 7.77. The molecule has 0 aliphatic heterocycles. The predicted molar refractivity (Wildman–Crippen MR) is 132 cm³/mol. The molecule has 182 valence electrons. The van der Waals surface area contributed by atoms with Crippen LogP contribution in [0.5, 0.6) is 0 Å². The standard InChI is InChI=1S/C14H16N2O2.C13H14N2O2/c1-3-18-14(17)13-9-16(10-15-13)8-12-6-4-11(2)5-7-12;1-2-17-13(16)12-9-15(10-14-12)8-11-6-4-3-5-7-11/h4-7,9-10H,3,8H2,1-2H3;3-7,9-10H,2,8H2,1H3. The lowest BCUT2D eigenvalue weighted by Gasteiger charge is -2.02. The summed E-state index contributed by atoms with van der Waals surface area (Å²) in [5.74, 6) is -0.750. The minimum atomic E-state index is -0.376. The molecule has 2 aromatic carbocycles. The third-order valence-corrected chi connectivity index (χ3v) is 4.93. The summed E-state index contributed by atoms with van der Waals surface area (Å²) in [5, 5.41) is 0. The van der Waals surface area contributed by atoms with Gasteiger partial charge in [-0.05, 0) is 31.9 Å². The van der Waals surface area contributed by atoms with Crippen molar-refractivity contribution >= 4 is 11.9 Å². The number of hydrogen-bond acceptors (Lipinski definition) is 6. The van der Waals surface area contributed by atoms with Crippen LogP contribution in [0.4, 0.5) is 0 Å². The molecule has 0 aliphatic carbocycles. The van der Waals surface area contributed by atoms with E-state index in [0.717, 1.165) is 0 Å². The highest BCUT2D eigenvalue weighted by atomic mass is 16.5. The number of esters is 2.